The van der Waals surface area contributed by atoms with Gasteiger partial charge in [-0.3, -0.25) is 0 Å². The largest absolute Gasteiger partial charge is 0.464 e. The summed E-state index contributed by atoms with van der Waals surface area (Å²) in [6.07, 6.45) is 1.49. The van der Waals surface area contributed by atoms with Crippen LogP contribution in [0.5, 0.6) is 0 Å². The molecule has 0 aliphatic heterocycles. The van der Waals surface area contributed by atoms with Crippen molar-refractivity contribution in [2.24, 2.45) is 5.73 Å². The van der Waals surface area contributed by atoms with Gasteiger partial charge >= 0.3 is 0 Å². The van der Waals surface area contributed by atoms with Crippen LogP contribution in [0.2, 0.25) is 0 Å². The maximum Gasteiger partial charge on any atom is 0.163 e. The summed E-state index contributed by atoms with van der Waals surface area (Å²) in [5.74, 6) is -1.82. The molecule has 0 radical (unpaired) electrons. The summed E-state index contributed by atoms with van der Waals surface area (Å²) in [6.45, 7) is 0. The van der Waals surface area contributed by atoms with Crippen LogP contribution in [-0.4, -0.2) is 0 Å². The first kappa shape index (κ1) is 11.9. The summed E-state index contributed by atoms with van der Waals surface area (Å²) in [7, 11) is 0. The van der Waals surface area contributed by atoms with Crippen LogP contribution in [0, 0.1) is 11.6 Å². The highest BCUT2D eigenvalue weighted by Gasteiger charge is 2.19. The molecule has 19 heavy (non-hydrogen) atoms. The number of hydrogen-bond acceptors (Lipinski definition) is 2. The molecule has 1 heterocycles. The molecule has 0 bridgehead atoms. The SMILES string of the molecule is NC(c1cccc(F)c1F)c1coc2ccccc12. The molecule has 0 saturated heterocycles. The van der Waals surface area contributed by atoms with E-state index in [1.807, 2.05) is 18.2 Å². The second-order valence-corrected chi connectivity index (χ2v) is 4.31. The Balaban J connectivity index is 2.13. The van der Waals surface area contributed by atoms with Crippen molar-refractivity contribution in [1.29, 1.82) is 0 Å². The minimum atomic E-state index is -0.916. The van der Waals surface area contributed by atoms with E-state index in [0.717, 1.165) is 11.5 Å². The van der Waals surface area contributed by atoms with Crippen LogP contribution in [0.3, 0.4) is 0 Å². The zero-order chi connectivity index (χ0) is 13.4. The fraction of sp³-hybridized carbons (Fsp3) is 0.0667. The summed E-state index contributed by atoms with van der Waals surface area (Å²) < 4.78 is 32.4. The third-order valence-corrected chi connectivity index (χ3v) is 3.16. The Labute approximate surface area is 108 Å². The predicted molar refractivity (Wildman–Crippen MR) is 68.6 cm³/mol. The summed E-state index contributed by atoms with van der Waals surface area (Å²) in [5, 5.41) is 0.804. The molecule has 0 saturated carbocycles. The first-order valence-corrected chi connectivity index (χ1v) is 5.84. The van der Waals surface area contributed by atoms with Crippen molar-refractivity contribution < 1.29 is 13.2 Å². The van der Waals surface area contributed by atoms with Gasteiger partial charge in [-0.1, -0.05) is 30.3 Å². The second kappa shape index (κ2) is 4.48. The maximum atomic E-state index is 13.8. The molecule has 0 amide bonds. The van der Waals surface area contributed by atoms with Gasteiger partial charge < -0.3 is 10.2 Å². The number of furan rings is 1. The second-order valence-electron chi connectivity index (χ2n) is 4.31. The Hall–Kier alpha value is -2.20. The fourth-order valence-electron chi connectivity index (χ4n) is 2.17. The van der Waals surface area contributed by atoms with Crippen molar-refractivity contribution in [2.45, 2.75) is 6.04 Å². The number of halogens is 2. The third-order valence-electron chi connectivity index (χ3n) is 3.16. The van der Waals surface area contributed by atoms with Gasteiger partial charge in [0.25, 0.3) is 0 Å². The maximum absolute atomic E-state index is 13.8. The van der Waals surface area contributed by atoms with Crippen LogP contribution in [0.15, 0.2) is 53.1 Å². The van der Waals surface area contributed by atoms with E-state index in [1.165, 1.54) is 18.4 Å². The average Bonchev–Trinajstić information content (AvgIpc) is 2.85. The van der Waals surface area contributed by atoms with Crippen LogP contribution in [0.4, 0.5) is 8.78 Å². The zero-order valence-corrected chi connectivity index (χ0v) is 9.94. The molecule has 2 nitrogen and oxygen atoms in total. The Bertz CT molecular complexity index is 736. The molecule has 3 aromatic rings. The van der Waals surface area contributed by atoms with Gasteiger partial charge in [0.1, 0.15) is 5.58 Å². The molecule has 2 N–H and O–H groups in total. The molecule has 2 aromatic carbocycles. The molecule has 1 unspecified atom stereocenters. The van der Waals surface area contributed by atoms with Gasteiger partial charge in [-0.15, -0.1) is 0 Å². The lowest BCUT2D eigenvalue weighted by molar-refractivity contribution is 0.494. The van der Waals surface area contributed by atoms with Crippen molar-refractivity contribution in [3.63, 3.8) is 0 Å². The van der Waals surface area contributed by atoms with Gasteiger partial charge in [-0.25, -0.2) is 8.78 Å². The number of rotatable bonds is 2. The van der Waals surface area contributed by atoms with Gasteiger partial charge in [0, 0.05) is 16.5 Å². The van der Waals surface area contributed by atoms with Crippen molar-refractivity contribution in [3.05, 3.63) is 71.5 Å². The number of para-hydroxylation sites is 1. The normalized spacial score (nSPS) is 12.8. The summed E-state index contributed by atoms with van der Waals surface area (Å²) in [5.41, 5.74) is 7.46. The molecule has 1 aromatic heterocycles. The van der Waals surface area contributed by atoms with Gasteiger partial charge in [0.2, 0.25) is 0 Å². The lowest BCUT2D eigenvalue weighted by atomic mass is 9.98. The topological polar surface area (TPSA) is 39.2 Å². The molecule has 3 rings (SSSR count). The highest BCUT2D eigenvalue weighted by atomic mass is 19.2. The minimum absolute atomic E-state index is 0.117. The van der Waals surface area contributed by atoms with Gasteiger partial charge in [0.05, 0.1) is 12.3 Å². The summed E-state index contributed by atoms with van der Waals surface area (Å²) in [4.78, 5) is 0. The van der Waals surface area contributed by atoms with E-state index in [1.54, 1.807) is 6.07 Å². The molecular formula is C15H11F2NO. The Morgan fingerprint density at radius 1 is 0.947 bits per heavy atom. The van der Waals surface area contributed by atoms with Gasteiger partial charge in [-0.2, -0.15) is 0 Å². The zero-order valence-electron chi connectivity index (χ0n) is 9.94. The molecular weight excluding hydrogens is 248 g/mol. The first-order valence-electron chi connectivity index (χ1n) is 5.84. The predicted octanol–water partition coefficient (Wildman–Crippen LogP) is 3.76. The van der Waals surface area contributed by atoms with E-state index in [2.05, 4.69) is 0 Å². The van der Waals surface area contributed by atoms with Gasteiger partial charge in [-0.05, 0) is 12.1 Å². The van der Waals surface area contributed by atoms with Crippen LogP contribution in [-0.2, 0) is 0 Å². The highest BCUT2D eigenvalue weighted by Crippen LogP contribution is 2.30. The van der Waals surface area contributed by atoms with Crippen molar-refractivity contribution in [2.75, 3.05) is 0 Å². The Morgan fingerprint density at radius 2 is 1.74 bits per heavy atom. The van der Waals surface area contributed by atoms with E-state index in [0.29, 0.717) is 11.1 Å². The molecule has 0 spiro atoms. The summed E-state index contributed by atoms with van der Waals surface area (Å²) in [6, 6.07) is 10.5. The molecule has 1 atom stereocenters. The highest BCUT2D eigenvalue weighted by molar-refractivity contribution is 5.81. The molecule has 4 heteroatoms. The monoisotopic (exact) mass is 259 g/mol. The van der Waals surface area contributed by atoms with Crippen LogP contribution >= 0.6 is 0 Å². The van der Waals surface area contributed by atoms with E-state index in [4.69, 9.17) is 10.2 Å². The molecule has 96 valence electrons. The van der Waals surface area contributed by atoms with E-state index >= 15 is 0 Å². The number of hydrogen-bond donors (Lipinski definition) is 1. The Morgan fingerprint density at radius 3 is 2.58 bits per heavy atom. The number of benzene rings is 2. The lowest BCUT2D eigenvalue weighted by Gasteiger charge is -2.12. The summed E-state index contributed by atoms with van der Waals surface area (Å²) >= 11 is 0. The standard InChI is InChI=1S/C15H11F2NO/c16-12-6-3-5-10(14(12)17)15(18)11-8-19-13-7-2-1-4-9(11)13/h1-8,15H,18H2. The van der Waals surface area contributed by atoms with Gasteiger partial charge in [0.15, 0.2) is 11.6 Å². The fourth-order valence-corrected chi connectivity index (χ4v) is 2.17. The van der Waals surface area contributed by atoms with Crippen LogP contribution in [0.1, 0.15) is 17.2 Å². The molecule has 0 aliphatic carbocycles. The Kier molecular flexibility index (Phi) is 2.80. The minimum Gasteiger partial charge on any atom is -0.464 e. The molecule has 0 aliphatic rings. The third kappa shape index (κ3) is 1.90. The average molecular weight is 259 g/mol. The van der Waals surface area contributed by atoms with Crippen molar-refractivity contribution >= 4 is 11.0 Å². The molecule has 0 fully saturated rings. The lowest BCUT2D eigenvalue weighted by Crippen LogP contribution is -2.13. The van der Waals surface area contributed by atoms with Crippen molar-refractivity contribution in [3.8, 4) is 0 Å². The quantitative estimate of drug-likeness (QED) is 0.761. The number of fused-ring (bicyclic) bond motifs is 1. The number of nitrogens with two attached hydrogens (primary N) is 1. The van der Waals surface area contributed by atoms with E-state index < -0.39 is 17.7 Å². The van der Waals surface area contributed by atoms with Crippen LogP contribution in [0.25, 0.3) is 11.0 Å². The van der Waals surface area contributed by atoms with E-state index in [-0.39, 0.29) is 5.56 Å². The van der Waals surface area contributed by atoms with Crippen LogP contribution < -0.4 is 5.73 Å². The van der Waals surface area contributed by atoms with Crippen molar-refractivity contribution in [1.82, 2.24) is 0 Å². The smallest absolute Gasteiger partial charge is 0.163 e. The van der Waals surface area contributed by atoms with E-state index in [9.17, 15) is 8.78 Å². The first-order chi connectivity index (χ1) is 9.18.